The Labute approximate surface area is 118 Å². The number of aryl methyl sites for hydroxylation is 1. The van der Waals surface area contributed by atoms with Gasteiger partial charge in [-0.2, -0.15) is 0 Å². The molecule has 4 nitrogen and oxygen atoms in total. The van der Waals surface area contributed by atoms with Crippen LogP contribution >= 0.6 is 0 Å². The third kappa shape index (κ3) is 2.74. The predicted molar refractivity (Wildman–Crippen MR) is 74.2 cm³/mol. The number of methoxy groups -OCH3 is 2. The number of carbonyl (C=O) groups excluding carboxylic acids is 2. The van der Waals surface area contributed by atoms with E-state index in [4.69, 9.17) is 9.47 Å². The van der Waals surface area contributed by atoms with Crippen LogP contribution in [0.3, 0.4) is 0 Å². The number of allylic oxidation sites excluding steroid dienone is 1. The fourth-order valence-electron chi connectivity index (χ4n) is 2.51. The molecule has 0 bridgehead atoms. The number of rotatable bonds is 3. The van der Waals surface area contributed by atoms with Crippen LogP contribution in [0.5, 0.6) is 0 Å². The summed E-state index contributed by atoms with van der Waals surface area (Å²) < 4.78 is 9.44. The third-order valence-corrected chi connectivity index (χ3v) is 3.59. The van der Waals surface area contributed by atoms with E-state index in [0.717, 1.165) is 23.1 Å². The number of benzene rings is 1. The van der Waals surface area contributed by atoms with Crippen molar-refractivity contribution >= 4 is 11.9 Å². The summed E-state index contributed by atoms with van der Waals surface area (Å²) >= 11 is 0. The molecule has 0 aromatic heterocycles. The number of hydrogen-bond acceptors (Lipinski definition) is 4. The molecule has 20 heavy (non-hydrogen) atoms. The zero-order valence-corrected chi connectivity index (χ0v) is 11.9. The quantitative estimate of drug-likeness (QED) is 0.480. The number of ether oxygens (including phenoxy) is 2. The molecule has 4 heteroatoms. The molecule has 0 N–H and O–H groups in total. The second-order valence-corrected chi connectivity index (χ2v) is 4.91. The molecule has 0 saturated carbocycles. The van der Waals surface area contributed by atoms with Crippen LogP contribution in [0, 0.1) is 12.8 Å². The molecule has 0 amide bonds. The van der Waals surface area contributed by atoms with Crippen LogP contribution in [-0.2, 0) is 31.9 Å². The van der Waals surface area contributed by atoms with Gasteiger partial charge in [-0.25, -0.2) is 0 Å². The maximum Gasteiger partial charge on any atom is 0.324 e. The third-order valence-electron chi connectivity index (χ3n) is 3.59. The predicted octanol–water partition coefficient (Wildman–Crippen LogP) is 1.98. The Kier molecular flexibility index (Phi) is 4.23. The number of hydrogen-bond donors (Lipinski definition) is 0. The topological polar surface area (TPSA) is 52.6 Å². The van der Waals surface area contributed by atoms with Crippen molar-refractivity contribution < 1.29 is 19.1 Å². The second-order valence-electron chi connectivity index (χ2n) is 4.91. The van der Waals surface area contributed by atoms with Crippen molar-refractivity contribution in [2.45, 2.75) is 19.8 Å². The summed E-state index contributed by atoms with van der Waals surface area (Å²) in [5.41, 5.74) is 4.30. The molecule has 0 aliphatic heterocycles. The van der Waals surface area contributed by atoms with Crippen molar-refractivity contribution in [1.82, 2.24) is 0 Å². The highest BCUT2D eigenvalue weighted by Crippen LogP contribution is 2.27. The second kappa shape index (κ2) is 5.90. The van der Waals surface area contributed by atoms with Crippen LogP contribution in [0.15, 0.2) is 29.8 Å². The first-order valence-electron chi connectivity index (χ1n) is 6.49. The van der Waals surface area contributed by atoms with E-state index < -0.39 is 17.9 Å². The van der Waals surface area contributed by atoms with Crippen molar-refractivity contribution in [3.8, 4) is 0 Å². The Bertz CT molecular complexity index is 556. The van der Waals surface area contributed by atoms with Gasteiger partial charge in [0.05, 0.1) is 14.2 Å². The van der Waals surface area contributed by atoms with E-state index in [1.807, 2.05) is 13.0 Å². The van der Waals surface area contributed by atoms with Gasteiger partial charge in [-0.05, 0) is 36.5 Å². The molecule has 2 rings (SSSR count). The molecule has 0 saturated heterocycles. The lowest BCUT2D eigenvalue weighted by molar-refractivity contribution is -0.156. The van der Waals surface area contributed by atoms with Gasteiger partial charge in [0.25, 0.3) is 0 Å². The fraction of sp³-hybridized carbons (Fsp3) is 0.375. The summed E-state index contributed by atoms with van der Waals surface area (Å²) in [6.45, 7) is 2.02. The molecule has 106 valence electrons. The number of carbonyl (C=O) groups is 2. The summed E-state index contributed by atoms with van der Waals surface area (Å²) in [6, 6.07) is 6.24. The highest BCUT2D eigenvalue weighted by atomic mass is 16.5. The van der Waals surface area contributed by atoms with Crippen molar-refractivity contribution in [2.75, 3.05) is 14.2 Å². The molecule has 0 spiro atoms. The lowest BCUT2D eigenvalue weighted by Crippen LogP contribution is -2.30. The van der Waals surface area contributed by atoms with Crippen molar-refractivity contribution in [1.29, 1.82) is 0 Å². The minimum absolute atomic E-state index is 0.570. The van der Waals surface area contributed by atoms with Crippen LogP contribution in [0.1, 0.15) is 16.7 Å². The number of esters is 2. The molecule has 0 radical (unpaired) electrons. The molecule has 0 heterocycles. The Morgan fingerprint density at radius 2 is 1.75 bits per heavy atom. The normalized spacial score (nSPS) is 13.5. The Morgan fingerprint density at radius 3 is 2.35 bits per heavy atom. The molecule has 0 unspecified atom stereocenters. The van der Waals surface area contributed by atoms with Crippen LogP contribution in [-0.4, -0.2) is 26.2 Å². The van der Waals surface area contributed by atoms with Crippen LogP contribution in [0.25, 0.3) is 0 Å². The van der Waals surface area contributed by atoms with E-state index in [9.17, 15) is 9.59 Å². The Morgan fingerprint density at radius 1 is 1.10 bits per heavy atom. The molecule has 0 fully saturated rings. The van der Waals surface area contributed by atoms with Crippen LogP contribution in [0.4, 0.5) is 0 Å². The molecular weight excluding hydrogens is 256 g/mol. The van der Waals surface area contributed by atoms with E-state index in [1.54, 1.807) is 0 Å². The average Bonchev–Trinajstić information content (AvgIpc) is 2.46. The summed E-state index contributed by atoms with van der Waals surface area (Å²) in [4.78, 5) is 23.7. The van der Waals surface area contributed by atoms with Crippen molar-refractivity contribution in [3.05, 3.63) is 46.5 Å². The first-order valence-corrected chi connectivity index (χ1v) is 6.49. The van der Waals surface area contributed by atoms with Crippen LogP contribution < -0.4 is 0 Å². The SMILES string of the molecule is COC(=O)C(C(=O)OC)C1=CCc2ccc(C)cc2C1. The van der Waals surface area contributed by atoms with Gasteiger partial charge in [0, 0.05) is 0 Å². The molecule has 1 aromatic rings. The van der Waals surface area contributed by atoms with Gasteiger partial charge in [0.2, 0.25) is 0 Å². The van der Waals surface area contributed by atoms with Gasteiger partial charge in [0.1, 0.15) is 0 Å². The monoisotopic (exact) mass is 274 g/mol. The largest absolute Gasteiger partial charge is 0.468 e. The zero-order valence-electron chi connectivity index (χ0n) is 11.9. The number of fused-ring (bicyclic) bond motifs is 1. The van der Waals surface area contributed by atoms with Gasteiger partial charge >= 0.3 is 11.9 Å². The first kappa shape index (κ1) is 14.3. The van der Waals surface area contributed by atoms with E-state index >= 15 is 0 Å². The lowest BCUT2D eigenvalue weighted by atomic mass is 9.84. The Hall–Kier alpha value is -2.10. The van der Waals surface area contributed by atoms with E-state index in [1.165, 1.54) is 19.8 Å². The molecule has 1 aliphatic carbocycles. The van der Waals surface area contributed by atoms with Gasteiger partial charge in [0.15, 0.2) is 5.92 Å². The smallest absolute Gasteiger partial charge is 0.324 e. The highest BCUT2D eigenvalue weighted by Gasteiger charge is 2.33. The molecular formula is C16H18O4. The molecule has 1 aliphatic rings. The maximum atomic E-state index is 11.8. The summed E-state index contributed by atoms with van der Waals surface area (Å²) in [6.07, 6.45) is 3.22. The average molecular weight is 274 g/mol. The minimum Gasteiger partial charge on any atom is -0.468 e. The zero-order chi connectivity index (χ0) is 14.7. The summed E-state index contributed by atoms with van der Waals surface area (Å²) in [5, 5.41) is 0. The Balaban J connectivity index is 2.30. The van der Waals surface area contributed by atoms with E-state index in [-0.39, 0.29) is 0 Å². The van der Waals surface area contributed by atoms with Crippen molar-refractivity contribution in [2.24, 2.45) is 5.92 Å². The minimum atomic E-state index is -0.960. The van der Waals surface area contributed by atoms with Gasteiger partial charge < -0.3 is 9.47 Å². The summed E-state index contributed by atoms with van der Waals surface area (Å²) in [7, 11) is 2.56. The van der Waals surface area contributed by atoms with E-state index in [0.29, 0.717) is 6.42 Å². The lowest BCUT2D eigenvalue weighted by Gasteiger charge is -2.22. The summed E-state index contributed by atoms with van der Waals surface area (Å²) in [5.74, 6) is -2.10. The maximum absolute atomic E-state index is 11.8. The van der Waals surface area contributed by atoms with Gasteiger partial charge in [-0.1, -0.05) is 29.8 Å². The van der Waals surface area contributed by atoms with E-state index in [2.05, 4.69) is 18.2 Å². The van der Waals surface area contributed by atoms with Gasteiger partial charge in [-0.15, -0.1) is 0 Å². The molecule has 0 atom stereocenters. The fourth-order valence-corrected chi connectivity index (χ4v) is 2.51. The standard InChI is InChI=1S/C16H18O4/c1-10-4-5-11-6-7-12(9-13(11)8-10)14(15(17)19-2)16(18)20-3/h4-5,7-8,14H,6,9H2,1-3H3. The molecule has 1 aromatic carbocycles. The highest BCUT2D eigenvalue weighted by molar-refractivity contribution is 5.98. The van der Waals surface area contributed by atoms with Crippen molar-refractivity contribution in [3.63, 3.8) is 0 Å². The first-order chi connectivity index (χ1) is 9.56. The van der Waals surface area contributed by atoms with Crippen LogP contribution in [0.2, 0.25) is 0 Å². The van der Waals surface area contributed by atoms with Gasteiger partial charge in [-0.3, -0.25) is 9.59 Å².